The number of hydrogen-bond acceptors (Lipinski definition) is 4. The minimum absolute atomic E-state index is 0.0993. The summed E-state index contributed by atoms with van der Waals surface area (Å²) < 4.78 is 0. The third-order valence-corrected chi connectivity index (χ3v) is 5.54. The summed E-state index contributed by atoms with van der Waals surface area (Å²) in [4.78, 5) is 18.8. The number of rotatable bonds is 3. The fraction of sp³-hybridized carbons (Fsp3) is 0.750. The molecule has 1 aliphatic carbocycles. The summed E-state index contributed by atoms with van der Waals surface area (Å²) in [5, 5.41) is 13.2. The lowest BCUT2D eigenvalue weighted by Gasteiger charge is -2.36. The molecule has 1 aromatic heterocycles. The fourth-order valence-corrected chi connectivity index (χ4v) is 4.36. The third kappa shape index (κ3) is 3.64. The first kappa shape index (κ1) is 15.0. The molecule has 0 spiro atoms. The summed E-state index contributed by atoms with van der Waals surface area (Å²) >= 11 is 1.61. The second-order valence-corrected chi connectivity index (χ2v) is 7.68. The van der Waals surface area contributed by atoms with Gasteiger partial charge in [-0.15, -0.1) is 11.3 Å². The second kappa shape index (κ2) is 6.05. The van der Waals surface area contributed by atoms with Crippen LogP contribution in [0.15, 0.2) is 5.38 Å². The predicted octanol–water partition coefficient (Wildman–Crippen LogP) is 2.72. The molecular formula is C16H24N2O2S. The van der Waals surface area contributed by atoms with Gasteiger partial charge in [0.1, 0.15) is 5.01 Å². The lowest BCUT2D eigenvalue weighted by molar-refractivity contribution is -0.136. The van der Waals surface area contributed by atoms with Crippen molar-refractivity contribution >= 4 is 17.2 Å². The zero-order valence-corrected chi connectivity index (χ0v) is 13.5. The summed E-state index contributed by atoms with van der Waals surface area (Å²) in [5.74, 6) is 0.711. The van der Waals surface area contributed by atoms with Crippen LogP contribution in [0.5, 0.6) is 0 Å². The van der Waals surface area contributed by atoms with Crippen LogP contribution in [0.25, 0.3) is 0 Å². The number of likely N-dealkylation sites (tertiary alicyclic amines) is 1. The number of thiazole rings is 1. The molecule has 5 heteroatoms. The van der Waals surface area contributed by atoms with E-state index in [1.807, 2.05) is 6.92 Å². The number of amides is 1. The predicted molar refractivity (Wildman–Crippen MR) is 83.5 cm³/mol. The lowest BCUT2D eigenvalue weighted by atomic mass is 9.95. The zero-order valence-electron chi connectivity index (χ0n) is 12.7. The smallest absolute Gasteiger partial charge is 0.229 e. The van der Waals surface area contributed by atoms with E-state index in [1.54, 1.807) is 16.2 Å². The highest BCUT2D eigenvalue weighted by atomic mass is 32.1. The number of piperidine rings is 1. The first-order valence-corrected chi connectivity index (χ1v) is 8.86. The molecule has 2 fully saturated rings. The molecule has 1 aromatic rings. The van der Waals surface area contributed by atoms with Crippen molar-refractivity contribution in [3.63, 3.8) is 0 Å². The minimum atomic E-state index is -0.730. The van der Waals surface area contributed by atoms with Crippen LogP contribution in [0.1, 0.15) is 62.1 Å². The maximum absolute atomic E-state index is 12.4. The van der Waals surface area contributed by atoms with Crippen molar-refractivity contribution < 1.29 is 9.90 Å². The molecule has 0 bridgehead atoms. The Bertz CT molecular complexity index is 506. The van der Waals surface area contributed by atoms with Crippen LogP contribution in [0, 0.1) is 0 Å². The number of aliphatic hydroxyl groups is 1. The highest BCUT2D eigenvalue weighted by molar-refractivity contribution is 7.09. The molecule has 1 saturated carbocycles. The fourth-order valence-electron chi connectivity index (χ4n) is 3.49. The van der Waals surface area contributed by atoms with Crippen molar-refractivity contribution in [3.05, 3.63) is 16.1 Å². The van der Waals surface area contributed by atoms with Gasteiger partial charge in [0.2, 0.25) is 5.91 Å². The number of nitrogens with zero attached hydrogens (tertiary/aromatic N) is 2. The Labute approximate surface area is 130 Å². The first-order valence-electron chi connectivity index (χ1n) is 7.98. The maximum Gasteiger partial charge on any atom is 0.229 e. The average Bonchev–Trinajstić information content (AvgIpc) is 3.07. The second-order valence-electron chi connectivity index (χ2n) is 6.74. The lowest BCUT2D eigenvalue weighted by Crippen LogP contribution is -2.49. The molecule has 1 atom stereocenters. The molecule has 1 amide bonds. The van der Waals surface area contributed by atoms with Gasteiger partial charge in [-0.3, -0.25) is 4.79 Å². The van der Waals surface area contributed by atoms with Gasteiger partial charge in [-0.05, 0) is 32.6 Å². The molecule has 1 aliphatic heterocycles. The van der Waals surface area contributed by atoms with E-state index in [-0.39, 0.29) is 5.91 Å². The van der Waals surface area contributed by atoms with Crippen molar-refractivity contribution in [2.75, 3.05) is 13.1 Å². The van der Waals surface area contributed by atoms with Crippen molar-refractivity contribution in [2.24, 2.45) is 0 Å². The molecule has 2 aliphatic rings. The Morgan fingerprint density at radius 2 is 2.24 bits per heavy atom. The van der Waals surface area contributed by atoms with Gasteiger partial charge in [-0.2, -0.15) is 0 Å². The maximum atomic E-state index is 12.4. The van der Waals surface area contributed by atoms with Gasteiger partial charge < -0.3 is 10.0 Å². The van der Waals surface area contributed by atoms with Crippen LogP contribution in [-0.2, 0) is 11.2 Å². The van der Waals surface area contributed by atoms with Crippen LogP contribution in [-0.4, -0.2) is 39.6 Å². The normalized spacial score (nSPS) is 27.2. The molecule has 21 heavy (non-hydrogen) atoms. The topological polar surface area (TPSA) is 53.4 Å². The molecule has 2 heterocycles. The van der Waals surface area contributed by atoms with Crippen LogP contribution < -0.4 is 0 Å². The van der Waals surface area contributed by atoms with Gasteiger partial charge in [-0.25, -0.2) is 4.98 Å². The SMILES string of the molecule is CC1(O)CCCN(C(=O)Cc2nc(C3CCCC3)cs2)C1. The number of carbonyl (C=O) groups is 1. The standard InChI is InChI=1S/C16H24N2O2S/c1-16(20)7-4-8-18(11-16)15(19)9-14-17-13(10-21-14)12-5-2-3-6-12/h10,12,20H,2-9,11H2,1H3. The van der Waals surface area contributed by atoms with Gasteiger partial charge in [-0.1, -0.05) is 12.8 Å². The monoisotopic (exact) mass is 308 g/mol. The van der Waals surface area contributed by atoms with Crippen LogP contribution in [0.2, 0.25) is 0 Å². The Morgan fingerprint density at radius 1 is 1.48 bits per heavy atom. The highest BCUT2D eigenvalue weighted by Crippen LogP contribution is 2.34. The van der Waals surface area contributed by atoms with Gasteiger partial charge in [0.15, 0.2) is 0 Å². The highest BCUT2D eigenvalue weighted by Gasteiger charge is 2.31. The Kier molecular flexibility index (Phi) is 4.31. The largest absolute Gasteiger partial charge is 0.388 e. The van der Waals surface area contributed by atoms with Crippen molar-refractivity contribution in [3.8, 4) is 0 Å². The number of carbonyl (C=O) groups excluding carboxylic acids is 1. The molecule has 3 rings (SSSR count). The molecule has 0 aromatic carbocycles. The summed E-state index contributed by atoms with van der Waals surface area (Å²) in [7, 11) is 0. The summed E-state index contributed by atoms with van der Waals surface area (Å²) in [6.07, 6.45) is 7.13. The molecule has 116 valence electrons. The van der Waals surface area contributed by atoms with Gasteiger partial charge in [0.05, 0.1) is 17.7 Å². The molecule has 1 saturated heterocycles. The van der Waals surface area contributed by atoms with Crippen molar-refractivity contribution in [1.82, 2.24) is 9.88 Å². The molecular weight excluding hydrogens is 284 g/mol. The van der Waals surface area contributed by atoms with E-state index in [0.29, 0.717) is 18.9 Å². The van der Waals surface area contributed by atoms with Crippen molar-refractivity contribution in [2.45, 2.75) is 63.4 Å². The minimum Gasteiger partial charge on any atom is -0.388 e. The number of hydrogen-bond donors (Lipinski definition) is 1. The first-order chi connectivity index (χ1) is 10.0. The van der Waals surface area contributed by atoms with Crippen molar-refractivity contribution in [1.29, 1.82) is 0 Å². The molecule has 1 unspecified atom stereocenters. The van der Waals surface area contributed by atoms with Gasteiger partial charge >= 0.3 is 0 Å². The third-order valence-electron chi connectivity index (χ3n) is 4.67. The molecule has 4 nitrogen and oxygen atoms in total. The van der Waals surface area contributed by atoms with Crippen LogP contribution in [0.3, 0.4) is 0 Å². The van der Waals surface area contributed by atoms with Crippen LogP contribution in [0.4, 0.5) is 0 Å². The van der Waals surface area contributed by atoms with E-state index >= 15 is 0 Å². The summed E-state index contributed by atoms with van der Waals surface area (Å²) in [6, 6.07) is 0. The Balaban J connectivity index is 1.59. The van der Waals surface area contributed by atoms with Crippen LogP contribution >= 0.6 is 11.3 Å². The van der Waals surface area contributed by atoms with E-state index in [0.717, 1.165) is 24.4 Å². The number of aromatic nitrogens is 1. The summed E-state index contributed by atoms with van der Waals surface area (Å²) in [5.41, 5.74) is 0.456. The average molecular weight is 308 g/mol. The quantitative estimate of drug-likeness (QED) is 0.934. The van der Waals surface area contributed by atoms with E-state index in [9.17, 15) is 9.90 Å². The molecule has 1 N–H and O–H groups in total. The molecule has 0 radical (unpaired) electrons. The number of β-amino-alcohol motifs (C(OH)–C–C–N with tert-alkyl or cyclic N) is 1. The van der Waals surface area contributed by atoms with Gasteiger partial charge in [0.25, 0.3) is 0 Å². The van der Waals surface area contributed by atoms with E-state index in [2.05, 4.69) is 10.4 Å². The summed E-state index contributed by atoms with van der Waals surface area (Å²) in [6.45, 7) is 3.02. The zero-order chi connectivity index (χ0) is 14.9. The van der Waals surface area contributed by atoms with E-state index in [4.69, 9.17) is 0 Å². The van der Waals surface area contributed by atoms with Gasteiger partial charge in [0, 0.05) is 24.4 Å². The Hall–Kier alpha value is -0.940. The Morgan fingerprint density at radius 3 is 2.95 bits per heavy atom. The van der Waals surface area contributed by atoms with E-state index in [1.165, 1.54) is 31.4 Å². The van der Waals surface area contributed by atoms with E-state index < -0.39 is 5.60 Å².